The molecule has 0 bridgehead atoms. The number of aliphatic hydroxyl groups is 1. The molecule has 0 amide bonds. The van der Waals surface area contributed by atoms with Crippen molar-refractivity contribution in [2.45, 2.75) is 86.5 Å². The molecule has 6 rings (SSSR count). The van der Waals surface area contributed by atoms with Gasteiger partial charge in [-0.05, 0) is 56.2 Å². The van der Waals surface area contributed by atoms with Crippen LogP contribution in [0.3, 0.4) is 0 Å². The van der Waals surface area contributed by atoms with Gasteiger partial charge in [-0.15, -0.1) is 29.1 Å². The number of rotatable bonds is 9. The van der Waals surface area contributed by atoms with E-state index in [2.05, 4.69) is 70.2 Å². The minimum atomic E-state index is -0.0168. The van der Waals surface area contributed by atoms with E-state index in [1.165, 1.54) is 17.0 Å². The second-order valence-electron chi connectivity index (χ2n) is 13.6. The fourth-order valence-electron chi connectivity index (χ4n) is 6.44. The normalized spacial score (nSPS) is 12.1. The monoisotopic (exact) mass is 835 g/mol. The Morgan fingerprint density at radius 2 is 1.51 bits per heavy atom. The molecule has 0 saturated carbocycles. The number of allylic oxidation sites excluding steroid dienone is 2. The Hall–Kier alpha value is -3.99. The molecule has 3 aromatic carbocycles. The van der Waals surface area contributed by atoms with Gasteiger partial charge in [-0.25, -0.2) is 0 Å². The van der Waals surface area contributed by atoms with E-state index in [0.29, 0.717) is 5.76 Å². The van der Waals surface area contributed by atoms with Gasteiger partial charge in [-0.3, -0.25) is 9.78 Å². The van der Waals surface area contributed by atoms with Crippen molar-refractivity contribution < 1.29 is 38.8 Å². The topological polar surface area (TPSA) is 76.5 Å². The van der Waals surface area contributed by atoms with E-state index >= 15 is 0 Å². The van der Waals surface area contributed by atoms with Crippen LogP contribution in [0.2, 0.25) is 0 Å². The quantitative estimate of drug-likeness (QED) is 0.0892. The van der Waals surface area contributed by atoms with Crippen LogP contribution in [0.1, 0.15) is 85.3 Å². The number of aliphatic hydroxyl groups excluding tert-OH is 1. The number of fused-ring (bicyclic) bond motifs is 3. The molecule has 0 unspecified atom stereocenters. The molecule has 259 valence electrons. The Labute approximate surface area is 304 Å². The van der Waals surface area contributed by atoms with Crippen LogP contribution < -0.4 is 0 Å². The van der Waals surface area contributed by atoms with Crippen LogP contribution in [0.4, 0.5) is 0 Å². The molecule has 0 fully saturated rings. The summed E-state index contributed by atoms with van der Waals surface area (Å²) in [6.07, 6.45) is 6.74. The molecule has 0 aliphatic rings. The van der Waals surface area contributed by atoms with E-state index < -0.39 is 0 Å². The van der Waals surface area contributed by atoms with Crippen molar-refractivity contribution in [3.63, 3.8) is 0 Å². The van der Waals surface area contributed by atoms with Gasteiger partial charge >= 0.3 is 0 Å². The Kier molecular flexibility index (Phi) is 12.5. The number of carbonyl (C=O) groups excluding carboxylic acids is 1. The predicted octanol–water partition coefficient (Wildman–Crippen LogP) is 12.3. The summed E-state index contributed by atoms with van der Waals surface area (Å²) in [4.78, 5) is 16.4. The number of hydrogen-bond acceptors (Lipinski definition) is 5. The first kappa shape index (κ1) is 37.8. The first-order valence-corrected chi connectivity index (χ1v) is 17.3. The summed E-state index contributed by atoms with van der Waals surface area (Å²) in [5.74, 6) is 2.02. The third-order valence-corrected chi connectivity index (χ3v) is 9.42. The van der Waals surface area contributed by atoms with Crippen LogP contribution >= 0.6 is 0 Å². The second-order valence-corrected chi connectivity index (χ2v) is 13.6. The van der Waals surface area contributed by atoms with Gasteiger partial charge in [0.1, 0.15) is 11.2 Å². The van der Waals surface area contributed by atoms with E-state index in [1.807, 2.05) is 64.2 Å². The van der Waals surface area contributed by atoms with E-state index in [-0.39, 0.29) is 48.9 Å². The van der Waals surface area contributed by atoms with Gasteiger partial charge in [0.25, 0.3) is 0 Å². The van der Waals surface area contributed by atoms with Crippen molar-refractivity contribution in [2.75, 3.05) is 0 Å². The molecule has 6 aromatic rings. The molecule has 0 atom stereocenters. The number of benzene rings is 3. The smallest absolute Gasteiger partial charge is 0.173 e. The van der Waals surface area contributed by atoms with E-state index in [4.69, 9.17) is 13.8 Å². The van der Waals surface area contributed by atoms with Crippen molar-refractivity contribution in [1.82, 2.24) is 4.98 Å². The summed E-state index contributed by atoms with van der Waals surface area (Å²) >= 11 is 0. The number of aromatic nitrogens is 1. The predicted molar refractivity (Wildman–Crippen MR) is 198 cm³/mol. The minimum Gasteiger partial charge on any atom is -0.512 e. The number of ketones is 1. The first-order valence-electron chi connectivity index (χ1n) is 17.3. The number of para-hydroxylation sites is 1. The molecule has 0 saturated heterocycles. The summed E-state index contributed by atoms with van der Waals surface area (Å²) in [5, 5.41) is 14.2. The van der Waals surface area contributed by atoms with Gasteiger partial charge in [0.05, 0.1) is 5.76 Å². The Balaban J connectivity index is 0.000000290. The minimum absolute atomic E-state index is 0. The van der Waals surface area contributed by atoms with Crippen LogP contribution in [0, 0.1) is 24.8 Å². The maximum absolute atomic E-state index is 11.7. The SMILES string of the molecule is CCC(CC)C(=O)/C=C(\O)C(CC)CC.Cc1c(-c2cc3ccnc(-c4[c-]c5ccccc5c(C(C)(C)C)c4)c3o2)oc2ccccc12.[Ir]. The molecule has 6 heteroatoms. The number of aryl methyl sites for hydroxylation is 1. The average molecular weight is 835 g/mol. The maximum atomic E-state index is 11.7. The molecular formula is C43H48IrNO4-. The van der Waals surface area contributed by atoms with Crippen LogP contribution in [-0.2, 0) is 30.3 Å². The third-order valence-electron chi connectivity index (χ3n) is 9.42. The number of hydrogen-bond donors (Lipinski definition) is 1. The van der Waals surface area contributed by atoms with Crippen LogP contribution in [0.5, 0.6) is 0 Å². The summed E-state index contributed by atoms with van der Waals surface area (Å²) in [6.45, 7) is 16.9. The first-order chi connectivity index (χ1) is 23.0. The standard InChI is InChI=1S/C30H24NO2.C13H24O2.Ir/c1-18-22-10-7-8-12-25(22)32-28(18)26-17-20-13-14-31-27(29(20)33-26)21-15-19-9-5-6-11-23(19)24(16-21)30(2,3)4;1-5-10(6-2)12(14)9-13(15)11(7-3)8-4;/h5-14,16-17H,1-4H3;9-11,14H,5-8H2,1-4H3;/q-1;;/b;12-9-;. The van der Waals surface area contributed by atoms with Crippen molar-refractivity contribution in [1.29, 1.82) is 0 Å². The van der Waals surface area contributed by atoms with Gasteiger partial charge in [0, 0.05) is 66.2 Å². The summed E-state index contributed by atoms with van der Waals surface area (Å²) in [7, 11) is 0. The molecule has 1 N–H and O–H groups in total. The molecule has 3 heterocycles. The molecule has 49 heavy (non-hydrogen) atoms. The van der Waals surface area contributed by atoms with E-state index in [0.717, 1.165) is 75.6 Å². The van der Waals surface area contributed by atoms with Gasteiger partial charge < -0.3 is 13.9 Å². The van der Waals surface area contributed by atoms with E-state index in [9.17, 15) is 9.90 Å². The van der Waals surface area contributed by atoms with Crippen LogP contribution in [0.25, 0.3) is 55.5 Å². The maximum Gasteiger partial charge on any atom is 0.173 e. The molecule has 0 spiro atoms. The van der Waals surface area contributed by atoms with Crippen LogP contribution in [0.15, 0.2) is 93.6 Å². The van der Waals surface area contributed by atoms with Crippen molar-refractivity contribution >= 4 is 38.5 Å². The van der Waals surface area contributed by atoms with Crippen molar-refractivity contribution in [3.05, 3.63) is 102 Å². The molecule has 1 radical (unpaired) electrons. The summed E-state index contributed by atoms with van der Waals surface area (Å²) < 4.78 is 12.6. The zero-order valence-electron chi connectivity index (χ0n) is 29.9. The third kappa shape index (κ3) is 8.09. The Morgan fingerprint density at radius 1 is 0.878 bits per heavy atom. The Morgan fingerprint density at radius 3 is 2.14 bits per heavy atom. The molecule has 0 aliphatic carbocycles. The van der Waals surface area contributed by atoms with Gasteiger partial charge in [-0.2, -0.15) is 0 Å². The van der Waals surface area contributed by atoms with Crippen LogP contribution in [-0.4, -0.2) is 15.9 Å². The fraction of sp³-hybridized carbons (Fsp3) is 0.349. The number of carbonyl (C=O) groups is 1. The fourth-order valence-corrected chi connectivity index (χ4v) is 6.44. The summed E-state index contributed by atoms with van der Waals surface area (Å²) in [6, 6.07) is 26.3. The summed E-state index contributed by atoms with van der Waals surface area (Å²) in [5.41, 5.74) is 5.67. The molecule has 5 nitrogen and oxygen atoms in total. The zero-order chi connectivity index (χ0) is 34.6. The second kappa shape index (κ2) is 16.1. The van der Waals surface area contributed by atoms with Gasteiger partial charge in [0.2, 0.25) is 0 Å². The molecule has 0 aliphatic heterocycles. The number of nitrogens with zero attached hydrogens (tertiary/aromatic N) is 1. The van der Waals surface area contributed by atoms with Gasteiger partial charge in [0.15, 0.2) is 17.3 Å². The number of pyridine rings is 1. The largest absolute Gasteiger partial charge is 0.512 e. The Bertz CT molecular complexity index is 2070. The van der Waals surface area contributed by atoms with Crippen molar-refractivity contribution in [3.8, 4) is 22.8 Å². The number of furan rings is 2. The zero-order valence-corrected chi connectivity index (χ0v) is 32.3. The van der Waals surface area contributed by atoms with Crippen molar-refractivity contribution in [2.24, 2.45) is 11.8 Å². The molecular weight excluding hydrogens is 787 g/mol. The molecule has 3 aromatic heterocycles. The average Bonchev–Trinajstić information content (AvgIpc) is 3.66. The van der Waals surface area contributed by atoms with E-state index in [1.54, 1.807) is 0 Å². The van der Waals surface area contributed by atoms with Gasteiger partial charge in [-0.1, -0.05) is 95.8 Å².